The van der Waals surface area contributed by atoms with Gasteiger partial charge in [-0.1, -0.05) is 41.0 Å². The fourth-order valence-corrected chi connectivity index (χ4v) is 5.20. The first-order valence-corrected chi connectivity index (χ1v) is 11.6. The predicted molar refractivity (Wildman–Crippen MR) is 127 cm³/mol. The predicted octanol–water partition coefficient (Wildman–Crippen LogP) is 4.44. The molecule has 3 heterocycles. The van der Waals surface area contributed by atoms with E-state index in [0.717, 1.165) is 0 Å². The van der Waals surface area contributed by atoms with Crippen LogP contribution in [0.4, 0.5) is 5.69 Å². The van der Waals surface area contributed by atoms with Crippen LogP contribution in [0.3, 0.4) is 0 Å². The van der Waals surface area contributed by atoms with Gasteiger partial charge in [0.2, 0.25) is 5.91 Å². The van der Waals surface area contributed by atoms with Gasteiger partial charge in [-0.2, -0.15) is 10.4 Å². The summed E-state index contributed by atoms with van der Waals surface area (Å²) in [7, 11) is 0. The zero-order valence-electron chi connectivity index (χ0n) is 16.8. The standard InChI is InChI=1S/C22H14Cl2N6O2S/c23-13-2-1-3-15(6-13)30-20-17(10-26-30)21(32)29-16(11-33-22(29)28-20)8-19(31)27-18-7-14(24)5-4-12(18)9-25/h1-7,10,16H,8,11H2,(H,27,31). The third kappa shape index (κ3) is 3.97. The van der Waals surface area contributed by atoms with Crippen molar-refractivity contribution < 1.29 is 4.79 Å². The Balaban J connectivity index is 1.45. The quantitative estimate of drug-likeness (QED) is 0.418. The minimum Gasteiger partial charge on any atom is -0.325 e. The molecule has 2 aromatic heterocycles. The topological polar surface area (TPSA) is 106 Å². The molecule has 164 valence electrons. The molecule has 0 saturated heterocycles. The highest BCUT2D eigenvalue weighted by atomic mass is 35.5. The smallest absolute Gasteiger partial charge is 0.265 e. The van der Waals surface area contributed by atoms with Crippen molar-refractivity contribution in [1.29, 1.82) is 5.26 Å². The maximum absolute atomic E-state index is 13.3. The van der Waals surface area contributed by atoms with Crippen molar-refractivity contribution in [3.05, 3.63) is 74.6 Å². The van der Waals surface area contributed by atoms with E-state index in [9.17, 15) is 14.9 Å². The first-order valence-electron chi connectivity index (χ1n) is 9.83. The number of nitriles is 1. The molecule has 1 unspecified atom stereocenters. The van der Waals surface area contributed by atoms with E-state index in [0.29, 0.717) is 48.9 Å². The second kappa shape index (κ2) is 8.56. The molecule has 0 radical (unpaired) electrons. The van der Waals surface area contributed by atoms with Gasteiger partial charge in [0.1, 0.15) is 11.5 Å². The number of hydrogen-bond acceptors (Lipinski definition) is 6. The first-order chi connectivity index (χ1) is 15.9. The average Bonchev–Trinajstić information content (AvgIpc) is 3.39. The van der Waals surface area contributed by atoms with Gasteiger partial charge in [-0.3, -0.25) is 14.2 Å². The number of benzene rings is 2. The normalized spacial score (nSPS) is 14.8. The van der Waals surface area contributed by atoms with Crippen molar-refractivity contribution in [3.63, 3.8) is 0 Å². The lowest BCUT2D eigenvalue weighted by atomic mass is 10.1. The minimum atomic E-state index is -0.381. The molecule has 1 N–H and O–H groups in total. The minimum absolute atomic E-state index is 0.0485. The van der Waals surface area contributed by atoms with Crippen molar-refractivity contribution >= 4 is 57.6 Å². The largest absolute Gasteiger partial charge is 0.325 e. The van der Waals surface area contributed by atoms with E-state index in [-0.39, 0.29) is 23.9 Å². The number of hydrogen-bond donors (Lipinski definition) is 1. The number of rotatable bonds is 4. The van der Waals surface area contributed by atoms with Crippen LogP contribution in [0.2, 0.25) is 10.0 Å². The molecule has 11 heteroatoms. The molecule has 4 aromatic rings. The molecule has 1 aliphatic rings. The number of amides is 1. The lowest BCUT2D eigenvalue weighted by Gasteiger charge is -2.14. The number of nitrogens with one attached hydrogen (secondary N) is 1. The lowest BCUT2D eigenvalue weighted by molar-refractivity contribution is -0.116. The monoisotopic (exact) mass is 496 g/mol. The Morgan fingerprint density at radius 3 is 2.85 bits per heavy atom. The number of carbonyl (C=O) groups excluding carboxylic acids is 1. The molecule has 5 rings (SSSR count). The van der Waals surface area contributed by atoms with Crippen LogP contribution in [0.1, 0.15) is 18.0 Å². The SMILES string of the molecule is N#Cc1ccc(Cl)cc1NC(=O)CC1CSc2nc3c(cnn3-c3cccc(Cl)c3)c(=O)n21. The number of anilines is 1. The van der Waals surface area contributed by atoms with Gasteiger partial charge >= 0.3 is 0 Å². The fourth-order valence-electron chi connectivity index (χ4n) is 3.71. The average molecular weight is 497 g/mol. The summed E-state index contributed by atoms with van der Waals surface area (Å²) in [6.45, 7) is 0. The van der Waals surface area contributed by atoms with Crippen LogP contribution in [0.5, 0.6) is 0 Å². The molecular weight excluding hydrogens is 483 g/mol. The molecule has 1 atom stereocenters. The summed E-state index contributed by atoms with van der Waals surface area (Å²) in [4.78, 5) is 30.6. The lowest BCUT2D eigenvalue weighted by Crippen LogP contribution is -2.27. The van der Waals surface area contributed by atoms with Crippen LogP contribution in [-0.4, -0.2) is 31.0 Å². The molecule has 2 aromatic carbocycles. The highest BCUT2D eigenvalue weighted by Gasteiger charge is 2.29. The highest BCUT2D eigenvalue weighted by molar-refractivity contribution is 7.99. The Morgan fingerprint density at radius 2 is 2.06 bits per heavy atom. The summed E-state index contributed by atoms with van der Waals surface area (Å²) >= 11 is 13.5. The Kier molecular flexibility index (Phi) is 5.58. The summed E-state index contributed by atoms with van der Waals surface area (Å²) in [5, 5.41) is 18.1. The van der Waals surface area contributed by atoms with Gasteiger partial charge < -0.3 is 5.32 Å². The van der Waals surface area contributed by atoms with Crippen molar-refractivity contribution in [3.8, 4) is 11.8 Å². The molecule has 1 amide bonds. The summed E-state index contributed by atoms with van der Waals surface area (Å²) in [5.74, 6) is 0.196. The number of thioether (sulfide) groups is 1. The molecule has 33 heavy (non-hydrogen) atoms. The molecule has 0 fully saturated rings. The summed E-state index contributed by atoms with van der Waals surface area (Å²) < 4.78 is 3.12. The Morgan fingerprint density at radius 1 is 1.24 bits per heavy atom. The molecular formula is C22H14Cl2N6O2S. The van der Waals surface area contributed by atoms with Gasteiger partial charge in [0.25, 0.3) is 5.56 Å². The third-order valence-corrected chi connectivity index (χ3v) is 6.79. The van der Waals surface area contributed by atoms with Crippen molar-refractivity contribution in [1.82, 2.24) is 19.3 Å². The summed E-state index contributed by atoms with van der Waals surface area (Å²) in [6, 6.07) is 13.4. The highest BCUT2D eigenvalue weighted by Crippen LogP contribution is 2.34. The number of halogens is 2. The van der Waals surface area contributed by atoms with Crippen molar-refractivity contribution in [2.45, 2.75) is 17.6 Å². The van der Waals surface area contributed by atoms with Crippen LogP contribution >= 0.6 is 35.0 Å². The van der Waals surface area contributed by atoms with E-state index >= 15 is 0 Å². The Bertz CT molecular complexity index is 1520. The molecule has 1 aliphatic heterocycles. The molecule has 0 spiro atoms. The summed E-state index contributed by atoms with van der Waals surface area (Å²) in [6.07, 6.45) is 1.52. The van der Waals surface area contributed by atoms with E-state index in [1.807, 2.05) is 12.1 Å². The van der Waals surface area contributed by atoms with Gasteiger partial charge in [-0.25, -0.2) is 9.67 Å². The van der Waals surface area contributed by atoms with Crippen molar-refractivity contribution in [2.75, 3.05) is 11.1 Å². The maximum atomic E-state index is 13.3. The zero-order chi connectivity index (χ0) is 23.1. The van der Waals surface area contributed by atoms with E-state index < -0.39 is 0 Å². The van der Waals surface area contributed by atoms with E-state index in [1.54, 1.807) is 39.6 Å². The van der Waals surface area contributed by atoms with Gasteiger partial charge in [-0.15, -0.1) is 0 Å². The Hall–Kier alpha value is -3.32. The molecule has 0 bridgehead atoms. The molecule has 8 nitrogen and oxygen atoms in total. The number of aromatic nitrogens is 4. The van der Waals surface area contributed by atoms with Gasteiger partial charge in [0.05, 0.1) is 29.2 Å². The number of carbonyl (C=O) groups is 1. The van der Waals surface area contributed by atoms with Crippen LogP contribution in [0.15, 0.2) is 58.6 Å². The summed E-state index contributed by atoms with van der Waals surface area (Å²) in [5.41, 5.74) is 1.52. The van der Waals surface area contributed by atoms with Crippen LogP contribution in [0, 0.1) is 11.3 Å². The van der Waals surface area contributed by atoms with Crippen LogP contribution < -0.4 is 10.9 Å². The number of fused-ring (bicyclic) bond motifs is 2. The maximum Gasteiger partial charge on any atom is 0.265 e. The first kappa shape index (κ1) is 21.5. The van der Waals surface area contributed by atoms with E-state index in [4.69, 9.17) is 23.2 Å². The molecule has 0 aliphatic carbocycles. The van der Waals surface area contributed by atoms with Gasteiger partial charge in [0, 0.05) is 22.2 Å². The van der Waals surface area contributed by atoms with E-state index in [1.165, 1.54) is 24.0 Å². The Labute approximate surface area is 201 Å². The molecule has 0 saturated carbocycles. The zero-order valence-corrected chi connectivity index (χ0v) is 19.2. The van der Waals surface area contributed by atoms with Gasteiger partial charge in [-0.05, 0) is 36.4 Å². The second-order valence-corrected chi connectivity index (χ2v) is 9.22. The third-order valence-electron chi connectivity index (χ3n) is 5.22. The fraction of sp³-hybridized carbons (Fsp3) is 0.136. The second-order valence-electron chi connectivity index (χ2n) is 7.36. The number of nitrogens with zero attached hydrogens (tertiary/aromatic N) is 5. The van der Waals surface area contributed by atoms with Crippen molar-refractivity contribution in [2.24, 2.45) is 0 Å². The van der Waals surface area contributed by atoms with Crippen LogP contribution in [-0.2, 0) is 4.79 Å². The van der Waals surface area contributed by atoms with Gasteiger partial charge in [0.15, 0.2) is 10.8 Å². The van der Waals surface area contributed by atoms with Crippen LogP contribution in [0.25, 0.3) is 16.7 Å². The van der Waals surface area contributed by atoms with E-state index in [2.05, 4.69) is 15.4 Å².